The van der Waals surface area contributed by atoms with Crippen LogP contribution in [-0.2, 0) is 15.0 Å². The number of carbonyl (C=O) groups is 2. The van der Waals surface area contributed by atoms with Crippen LogP contribution >= 0.6 is 0 Å². The molecule has 2 atom stereocenters. The molecule has 1 aliphatic heterocycles. The smallest absolute Gasteiger partial charge is 0.217 e. The molecule has 2 rings (SSSR count). The van der Waals surface area contributed by atoms with Gasteiger partial charge in [0.2, 0.25) is 5.91 Å². The van der Waals surface area contributed by atoms with Gasteiger partial charge < -0.3 is 11.1 Å². The molecule has 1 aliphatic rings. The van der Waals surface area contributed by atoms with Gasteiger partial charge in [-0.2, -0.15) is 0 Å². The Labute approximate surface area is 119 Å². The van der Waals surface area contributed by atoms with E-state index < -0.39 is 5.41 Å². The summed E-state index contributed by atoms with van der Waals surface area (Å²) in [5.41, 5.74) is 5.72. The molecule has 0 bridgehead atoms. The topological polar surface area (TPSA) is 72.2 Å². The zero-order valence-corrected chi connectivity index (χ0v) is 11.9. The highest BCUT2D eigenvalue weighted by Crippen LogP contribution is 2.41. The minimum atomic E-state index is -0.597. The number of rotatable bonds is 6. The minimum absolute atomic E-state index is 0.124. The van der Waals surface area contributed by atoms with E-state index in [1.165, 1.54) is 0 Å². The van der Waals surface area contributed by atoms with Crippen molar-refractivity contribution in [3.05, 3.63) is 35.9 Å². The normalized spacial score (nSPS) is 21.4. The molecule has 1 fully saturated rings. The minimum Gasteiger partial charge on any atom is -0.370 e. The molecular formula is C16H22N2O2. The molecule has 0 aliphatic carbocycles. The predicted octanol–water partition coefficient (Wildman–Crippen LogP) is 1.39. The molecule has 0 saturated carbocycles. The van der Waals surface area contributed by atoms with E-state index in [0.29, 0.717) is 6.42 Å². The molecule has 0 aromatic heterocycles. The second kappa shape index (κ2) is 6.18. The van der Waals surface area contributed by atoms with Crippen molar-refractivity contribution in [2.45, 2.75) is 31.6 Å². The number of amides is 1. The van der Waals surface area contributed by atoms with Gasteiger partial charge in [-0.1, -0.05) is 30.3 Å². The highest BCUT2D eigenvalue weighted by molar-refractivity contribution is 5.89. The average molecular weight is 274 g/mol. The molecule has 108 valence electrons. The van der Waals surface area contributed by atoms with Crippen LogP contribution in [0.1, 0.15) is 31.7 Å². The molecule has 1 amide bonds. The van der Waals surface area contributed by atoms with Crippen molar-refractivity contribution in [3.63, 3.8) is 0 Å². The van der Waals surface area contributed by atoms with Crippen LogP contribution in [0.5, 0.6) is 0 Å². The second-order valence-corrected chi connectivity index (χ2v) is 5.55. The molecule has 4 heteroatoms. The van der Waals surface area contributed by atoms with Crippen LogP contribution in [0.2, 0.25) is 0 Å². The van der Waals surface area contributed by atoms with E-state index in [9.17, 15) is 9.59 Å². The number of nitrogens with two attached hydrogens (primary N) is 1. The Balaban J connectivity index is 2.43. The third-order valence-corrected chi connectivity index (χ3v) is 4.44. The quantitative estimate of drug-likeness (QED) is 0.823. The lowest BCUT2D eigenvalue weighted by molar-refractivity contribution is -0.125. The van der Waals surface area contributed by atoms with E-state index in [0.717, 1.165) is 25.1 Å². The molecule has 1 aromatic rings. The van der Waals surface area contributed by atoms with E-state index in [-0.39, 0.29) is 24.0 Å². The maximum absolute atomic E-state index is 12.5. The molecule has 1 aromatic carbocycles. The SMILES string of the molecule is CC(=O)C(CCC(N)=O)(c1ccccc1)C1CCNC1. The number of hydrogen-bond donors (Lipinski definition) is 2. The van der Waals surface area contributed by atoms with Gasteiger partial charge in [0.15, 0.2) is 0 Å². The molecule has 2 unspecified atom stereocenters. The summed E-state index contributed by atoms with van der Waals surface area (Å²) >= 11 is 0. The summed E-state index contributed by atoms with van der Waals surface area (Å²) in [7, 11) is 0. The van der Waals surface area contributed by atoms with Crippen molar-refractivity contribution < 1.29 is 9.59 Å². The van der Waals surface area contributed by atoms with Gasteiger partial charge in [-0.25, -0.2) is 0 Å². The molecule has 0 radical (unpaired) electrons. The Bertz CT molecular complexity index is 481. The van der Waals surface area contributed by atoms with Gasteiger partial charge in [0, 0.05) is 6.42 Å². The maximum Gasteiger partial charge on any atom is 0.217 e. The fourth-order valence-corrected chi connectivity index (χ4v) is 3.38. The first-order valence-electron chi connectivity index (χ1n) is 7.13. The maximum atomic E-state index is 12.5. The van der Waals surface area contributed by atoms with E-state index >= 15 is 0 Å². The number of carbonyl (C=O) groups excluding carboxylic acids is 2. The van der Waals surface area contributed by atoms with Gasteiger partial charge in [-0.15, -0.1) is 0 Å². The summed E-state index contributed by atoms with van der Waals surface area (Å²) in [5.74, 6) is -0.00193. The summed E-state index contributed by atoms with van der Waals surface area (Å²) < 4.78 is 0. The molecule has 20 heavy (non-hydrogen) atoms. The van der Waals surface area contributed by atoms with Gasteiger partial charge in [0.1, 0.15) is 5.78 Å². The lowest BCUT2D eigenvalue weighted by Crippen LogP contribution is -2.43. The number of ketones is 1. The Morgan fingerprint density at radius 2 is 2.05 bits per heavy atom. The van der Waals surface area contributed by atoms with Crippen molar-refractivity contribution in [3.8, 4) is 0 Å². The van der Waals surface area contributed by atoms with Crippen molar-refractivity contribution in [1.82, 2.24) is 5.32 Å². The van der Waals surface area contributed by atoms with Crippen molar-refractivity contribution in [1.29, 1.82) is 0 Å². The van der Waals surface area contributed by atoms with Crippen LogP contribution in [0.4, 0.5) is 0 Å². The lowest BCUT2D eigenvalue weighted by atomic mass is 9.64. The monoisotopic (exact) mass is 274 g/mol. The first kappa shape index (κ1) is 14.7. The number of benzene rings is 1. The fourth-order valence-electron chi connectivity index (χ4n) is 3.38. The van der Waals surface area contributed by atoms with Crippen molar-refractivity contribution >= 4 is 11.7 Å². The van der Waals surface area contributed by atoms with E-state index in [2.05, 4.69) is 5.32 Å². The number of hydrogen-bond acceptors (Lipinski definition) is 3. The van der Waals surface area contributed by atoms with Crippen LogP contribution in [0.15, 0.2) is 30.3 Å². The zero-order chi connectivity index (χ0) is 14.6. The van der Waals surface area contributed by atoms with Gasteiger partial charge in [0.25, 0.3) is 0 Å². The van der Waals surface area contributed by atoms with E-state index in [1.807, 2.05) is 30.3 Å². The standard InChI is InChI=1S/C16H22N2O2/c1-12(19)16(9-7-15(17)20,14-8-10-18-11-14)13-5-3-2-4-6-13/h2-6,14,18H,7-11H2,1H3,(H2,17,20). The first-order chi connectivity index (χ1) is 9.57. The van der Waals surface area contributed by atoms with Crippen LogP contribution in [-0.4, -0.2) is 24.8 Å². The van der Waals surface area contributed by atoms with Crippen molar-refractivity contribution in [2.24, 2.45) is 11.7 Å². The Hall–Kier alpha value is -1.68. The van der Waals surface area contributed by atoms with Gasteiger partial charge >= 0.3 is 0 Å². The average Bonchev–Trinajstić information content (AvgIpc) is 2.94. The Kier molecular flexibility index (Phi) is 4.55. The van der Waals surface area contributed by atoms with Crippen LogP contribution in [0.3, 0.4) is 0 Å². The molecule has 0 spiro atoms. The summed E-state index contributed by atoms with van der Waals surface area (Å²) in [6.45, 7) is 3.36. The lowest BCUT2D eigenvalue weighted by Gasteiger charge is -2.37. The Morgan fingerprint density at radius 3 is 2.55 bits per heavy atom. The van der Waals surface area contributed by atoms with Gasteiger partial charge in [-0.3, -0.25) is 9.59 Å². The predicted molar refractivity (Wildman–Crippen MR) is 78.2 cm³/mol. The molecule has 1 heterocycles. The summed E-state index contributed by atoms with van der Waals surface area (Å²) in [6.07, 6.45) is 1.69. The van der Waals surface area contributed by atoms with Crippen LogP contribution in [0, 0.1) is 5.92 Å². The largest absolute Gasteiger partial charge is 0.370 e. The summed E-state index contributed by atoms with van der Waals surface area (Å²) in [4.78, 5) is 23.7. The molecule has 1 saturated heterocycles. The molecule has 3 N–H and O–H groups in total. The van der Waals surface area contributed by atoms with Gasteiger partial charge in [-0.05, 0) is 44.3 Å². The number of primary amides is 1. The second-order valence-electron chi connectivity index (χ2n) is 5.55. The zero-order valence-electron chi connectivity index (χ0n) is 11.9. The highest BCUT2D eigenvalue weighted by Gasteiger charge is 2.45. The Morgan fingerprint density at radius 1 is 1.35 bits per heavy atom. The fraction of sp³-hybridized carbons (Fsp3) is 0.500. The number of nitrogens with one attached hydrogen (secondary N) is 1. The van der Waals surface area contributed by atoms with E-state index in [1.54, 1.807) is 6.92 Å². The highest BCUT2D eigenvalue weighted by atomic mass is 16.1. The summed E-state index contributed by atoms with van der Waals surface area (Å²) in [5, 5.41) is 3.32. The van der Waals surface area contributed by atoms with Crippen molar-refractivity contribution in [2.75, 3.05) is 13.1 Å². The molecular weight excluding hydrogens is 252 g/mol. The van der Waals surface area contributed by atoms with Crippen LogP contribution < -0.4 is 11.1 Å². The third-order valence-electron chi connectivity index (χ3n) is 4.44. The third kappa shape index (κ3) is 2.75. The first-order valence-corrected chi connectivity index (χ1v) is 7.13. The van der Waals surface area contributed by atoms with Gasteiger partial charge in [0.05, 0.1) is 5.41 Å². The van der Waals surface area contributed by atoms with Crippen LogP contribution in [0.25, 0.3) is 0 Å². The number of Topliss-reactive ketones (excluding diaryl/α,β-unsaturated/α-hetero) is 1. The molecule has 4 nitrogen and oxygen atoms in total. The summed E-state index contributed by atoms with van der Waals surface area (Å²) in [6, 6.07) is 9.80. The van der Waals surface area contributed by atoms with E-state index in [4.69, 9.17) is 5.73 Å².